The maximum absolute atomic E-state index is 12.9. The molecular formula is C21H33N3O. The Bertz CT molecular complexity index is 593. The number of piperidine rings is 2. The molecule has 4 nitrogen and oxygen atoms in total. The lowest BCUT2D eigenvalue weighted by Gasteiger charge is -2.38. The number of likely N-dealkylation sites (tertiary alicyclic amines) is 2. The van der Waals surface area contributed by atoms with E-state index in [-0.39, 0.29) is 5.92 Å². The Morgan fingerprint density at radius 3 is 2.56 bits per heavy atom. The van der Waals surface area contributed by atoms with Gasteiger partial charge in [0.25, 0.3) is 0 Å². The van der Waals surface area contributed by atoms with Crippen LogP contribution in [0.5, 0.6) is 0 Å². The summed E-state index contributed by atoms with van der Waals surface area (Å²) >= 11 is 0. The molecule has 0 saturated carbocycles. The van der Waals surface area contributed by atoms with E-state index in [1.165, 1.54) is 16.8 Å². The molecule has 1 aromatic carbocycles. The number of nitrogens with zero attached hydrogens (tertiary/aromatic N) is 2. The molecule has 1 unspecified atom stereocenters. The molecule has 0 aliphatic carbocycles. The van der Waals surface area contributed by atoms with Crippen molar-refractivity contribution in [2.75, 3.05) is 38.0 Å². The second kappa shape index (κ2) is 8.22. The topological polar surface area (TPSA) is 35.6 Å². The number of carbonyl (C=O) groups excluding carboxylic acids is 1. The Kier molecular flexibility index (Phi) is 6.00. The van der Waals surface area contributed by atoms with Crippen LogP contribution in [0.2, 0.25) is 0 Å². The van der Waals surface area contributed by atoms with Crippen molar-refractivity contribution in [1.29, 1.82) is 0 Å². The van der Waals surface area contributed by atoms with Gasteiger partial charge in [0.15, 0.2) is 0 Å². The molecule has 2 fully saturated rings. The summed E-state index contributed by atoms with van der Waals surface area (Å²) in [5.74, 6) is 0.630. The van der Waals surface area contributed by atoms with Gasteiger partial charge in [-0.1, -0.05) is 13.0 Å². The van der Waals surface area contributed by atoms with Gasteiger partial charge in [-0.3, -0.25) is 4.79 Å². The molecule has 138 valence electrons. The highest BCUT2D eigenvalue weighted by atomic mass is 16.2. The van der Waals surface area contributed by atoms with Crippen molar-refractivity contribution in [2.45, 2.75) is 52.5 Å². The summed E-state index contributed by atoms with van der Waals surface area (Å²) in [6.07, 6.45) is 4.30. The van der Waals surface area contributed by atoms with Gasteiger partial charge in [-0.05, 0) is 82.4 Å². The number of benzene rings is 1. The molecule has 2 saturated heterocycles. The number of rotatable bonds is 4. The fourth-order valence-electron chi connectivity index (χ4n) is 4.12. The van der Waals surface area contributed by atoms with E-state index in [2.05, 4.69) is 54.1 Å². The van der Waals surface area contributed by atoms with Gasteiger partial charge in [0.1, 0.15) is 0 Å². The lowest BCUT2D eigenvalue weighted by molar-refractivity contribution is -0.138. The van der Waals surface area contributed by atoms with Crippen molar-refractivity contribution in [3.05, 3.63) is 29.3 Å². The number of hydrogen-bond acceptors (Lipinski definition) is 3. The maximum Gasteiger partial charge on any atom is 0.225 e. The minimum Gasteiger partial charge on any atom is -0.381 e. The fourth-order valence-corrected chi connectivity index (χ4v) is 4.12. The lowest BCUT2D eigenvalue weighted by atomic mass is 9.93. The van der Waals surface area contributed by atoms with E-state index < -0.39 is 0 Å². The van der Waals surface area contributed by atoms with Crippen molar-refractivity contribution < 1.29 is 4.79 Å². The molecule has 0 bridgehead atoms. The highest BCUT2D eigenvalue weighted by Crippen LogP contribution is 2.23. The lowest BCUT2D eigenvalue weighted by Crippen LogP contribution is -2.49. The van der Waals surface area contributed by atoms with Crippen LogP contribution in [-0.4, -0.2) is 54.5 Å². The summed E-state index contributed by atoms with van der Waals surface area (Å²) in [6.45, 7) is 11.5. The smallest absolute Gasteiger partial charge is 0.225 e. The van der Waals surface area contributed by atoms with E-state index in [0.29, 0.717) is 11.9 Å². The largest absolute Gasteiger partial charge is 0.381 e. The highest BCUT2D eigenvalue weighted by molar-refractivity contribution is 5.79. The van der Waals surface area contributed by atoms with Gasteiger partial charge in [-0.25, -0.2) is 0 Å². The highest BCUT2D eigenvalue weighted by Gasteiger charge is 2.31. The molecule has 3 rings (SSSR count). The predicted molar refractivity (Wildman–Crippen MR) is 104 cm³/mol. The Balaban J connectivity index is 1.55. The molecule has 2 heterocycles. The van der Waals surface area contributed by atoms with Crippen molar-refractivity contribution in [3.8, 4) is 0 Å². The van der Waals surface area contributed by atoms with Crippen molar-refractivity contribution in [3.63, 3.8) is 0 Å². The van der Waals surface area contributed by atoms with Crippen molar-refractivity contribution in [1.82, 2.24) is 9.80 Å². The Morgan fingerprint density at radius 2 is 1.88 bits per heavy atom. The number of hydrogen-bond donors (Lipinski definition) is 1. The molecule has 4 heteroatoms. The molecule has 25 heavy (non-hydrogen) atoms. The van der Waals surface area contributed by atoms with Gasteiger partial charge in [-0.2, -0.15) is 0 Å². The van der Waals surface area contributed by atoms with Crippen LogP contribution < -0.4 is 5.32 Å². The Morgan fingerprint density at radius 1 is 1.12 bits per heavy atom. The first-order chi connectivity index (χ1) is 12.1. The number of anilines is 1. The van der Waals surface area contributed by atoms with E-state index in [1.807, 2.05) is 0 Å². The minimum absolute atomic E-state index is 0.239. The van der Waals surface area contributed by atoms with E-state index in [1.54, 1.807) is 0 Å². The molecular weight excluding hydrogens is 310 g/mol. The first-order valence-electron chi connectivity index (χ1n) is 9.91. The van der Waals surface area contributed by atoms with E-state index in [0.717, 1.165) is 58.4 Å². The summed E-state index contributed by atoms with van der Waals surface area (Å²) in [6, 6.07) is 6.92. The zero-order chi connectivity index (χ0) is 17.8. The molecule has 1 N–H and O–H groups in total. The second-order valence-corrected chi connectivity index (χ2v) is 7.78. The third kappa shape index (κ3) is 4.55. The van der Waals surface area contributed by atoms with Gasteiger partial charge in [-0.15, -0.1) is 0 Å². The number of aryl methyl sites for hydroxylation is 2. The fraction of sp³-hybridized carbons (Fsp3) is 0.667. The quantitative estimate of drug-likeness (QED) is 0.910. The SMILES string of the molecule is CCN1CCC(C(=O)N2CCCC(Nc3ccc(C)c(C)c3)C2)CC1. The summed E-state index contributed by atoms with van der Waals surface area (Å²) in [5.41, 5.74) is 3.82. The second-order valence-electron chi connectivity index (χ2n) is 7.78. The first kappa shape index (κ1) is 18.2. The van der Waals surface area contributed by atoms with Crippen molar-refractivity contribution >= 4 is 11.6 Å². The van der Waals surface area contributed by atoms with Gasteiger partial charge in [0.2, 0.25) is 5.91 Å². The third-order valence-corrected chi connectivity index (χ3v) is 5.99. The van der Waals surface area contributed by atoms with Gasteiger partial charge < -0.3 is 15.1 Å². The Labute approximate surface area is 152 Å². The zero-order valence-electron chi connectivity index (χ0n) is 16.1. The molecule has 0 spiro atoms. The molecule has 2 aliphatic rings. The molecule has 1 amide bonds. The van der Waals surface area contributed by atoms with Crippen LogP contribution in [0, 0.1) is 19.8 Å². The first-order valence-corrected chi connectivity index (χ1v) is 9.91. The van der Waals surface area contributed by atoms with E-state index >= 15 is 0 Å². The van der Waals surface area contributed by atoms with Crippen LogP contribution in [0.3, 0.4) is 0 Å². The van der Waals surface area contributed by atoms with Crippen LogP contribution in [-0.2, 0) is 4.79 Å². The van der Waals surface area contributed by atoms with Crippen LogP contribution in [0.1, 0.15) is 43.7 Å². The monoisotopic (exact) mass is 343 g/mol. The predicted octanol–water partition coefficient (Wildman–Crippen LogP) is 3.44. The van der Waals surface area contributed by atoms with Crippen LogP contribution in [0.25, 0.3) is 0 Å². The summed E-state index contributed by atoms with van der Waals surface area (Å²) < 4.78 is 0. The average Bonchev–Trinajstić information content (AvgIpc) is 2.64. The number of carbonyl (C=O) groups is 1. The third-order valence-electron chi connectivity index (χ3n) is 5.99. The van der Waals surface area contributed by atoms with Crippen LogP contribution >= 0.6 is 0 Å². The molecule has 1 atom stereocenters. The van der Waals surface area contributed by atoms with Crippen LogP contribution in [0.15, 0.2) is 18.2 Å². The zero-order valence-corrected chi connectivity index (χ0v) is 16.1. The van der Waals surface area contributed by atoms with Gasteiger partial charge >= 0.3 is 0 Å². The summed E-state index contributed by atoms with van der Waals surface area (Å²) in [4.78, 5) is 17.5. The minimum atomic E-state index is 0.239. The summed E-state index contributed by atoms with van der Waals surface area (Å²) in [7, 11) is 0. The van der Waals surface area contributed by atoms with Gasteiger partial charge in [0, 0.05) is 30.7 Å². The molecule has 1 aromatic rings. The van der Waals surface area contributed by atoms with E-state index in [9.17, 15) is 4.79 Å². The standard InChI is InChI=1S/C21H33N3O/c1-4-23-12-9-18(10-13-23)21(25)24-11-5-6-20(15-24)22-19-8-7-16(2)17(3)14-19/h7-8,14,18,20,22H,4-6,9-13,15H2,1-3H3. The van der Waals surface area contributed by atoms with Gasteiger partial charge in [0.05, 0.1) is 0 Å². The molecule has 0 radical (unpaired) electrons. The number of amides is 1. The maximum atomic E-state index is 12.9. The summed E-state index contributed by atoms with van der Waals surface area (Å²) in [5, 5.41) is 3.65. The van der Waals surface area contributed by atoms with Crippen LogP contribution in [0.4, 0.5) is 5.69 Å². The normalized spacial score (nSPS) is 22.8. The van der Waals surface area contributed by atoms with Crippen molar-refractivity contribution in [2.24, 2.45) is 5.92 Å². The average molecular weight is 344 g/mol. The molecule has 2 aliphatic heterocycles. The number of nitrogens with one attached hydrogen (secondary N) is 1. The van der Waals surface area contributed by atoms with E-state index in [4.69, 9.17) is 0 Å². The molecule has 0 aromatic heterocycles. The Hall–Kier alpha value is -1.55.